The molecule has 5 nitrogen and oxygen atoms in total. The maximum Gasteiger partial charge on any atom is 0.292 e. The third-order valence-corrected chi connectivity index (χ3v) is 4.27. The molecule has 2 bridgehead atoms. The summed E-state index contributed by atoms with van der Waals surface area (Å²) in [4.78, 5) is 12.9. The quantitative estimate of drug-likeness (QED) is 0.504. The minimum Gasteiger partial charge on any atom is -0.393 e. The van der Waals surface area contributed by atoms with Crippen molar-refractivity contribution >= 4 is 11.4 Å². The molecular weight excluding hydrogens is 230 g/mol. The van der Waals surface area contributed by atoms with Crippen LogP contribution >= 0.6 is 0 Å². The van der Waals surface area contributed by atoms with Crippen molar-refractivity contribution < 1.29 is 4.92 Å². The molecule has 0 radical (unpaired) electrons. The minimum atomic E-state index is -0.408. The summed E-state index contributed by atoms with van der Waals surface area (Å²) in [6, 6.07) is 5.75. The normalized spacial score (nSPS) is 26.7. The first-order chi connectivity index (χ1) is 8.65. The number of nitro benzene ring substituents is 1. The first-order valence-electron chi connectivity index (χ1n) is 6.41. The van der Waals surface area contributed by atoms with Crippen LogP contribution in [0.25, 0.3) is 0 Å². The van der Waals surface area contributed by atoms with Crippen LogP contribution in [0.4, 0.5) is 11.4 Å². The summed E-state index contributed by atoms with van der Waals surface area (Å²) >= 11 is 0. The molecule has 1 saturated carbocycles. The molecule has 1 heterocycles. The summed E-state index contributed by atoms with van der Waals surface area (Å²) in [5.74, 6) is 0.829. The molecule has 1 aliphatic carbocycles. The van der Waals surface area contributed by atoms with Crippen molar-refractivity contribution in [3.05, 3.63) is 33.9 Å². The second-order valence-electron chi connectivity index (χ2n) is 5.37. The largest absolute Gasteiger partial charge is 0.393 e. The van der Waals surface area contributed by atoms with Crippen LogP contribution in [0.2, 0.25) is 0 Å². The van der Waals surface area contributed by atoms with Gasteiger partial charge in [0.15, 0.2) is 0 Å². The fourth-order valence-electron chi connectivity index (χ4n) is 3.34. The third kappa shape index (κ3) is 1.84. The highest BCUT2D eigenvalue weighted by atomic mass is 16.6. The number of nitro groups is 1. The van der Waals surface area contributed by atoms with Gasteiger partial charge in [0.25, 0.3) is 5.69 Å². The predicted molar refractivity (Wildman–Crippen MR) is 69.0 cm³/mol. The monoisotopic (exact) mass is 247 g/mol. The molecule has 0 amide bonds. The summed E-state index contributed by atoms with van der Waals surface area (Å²) < 4.78 is 0. The van der Waals surface area contributed by atoms with E-state index in [9.17, 15) is 10.1 Å². The van der Waals surface area contributed by atoms with E-state index in [2.05, 4.69) is 4.90 Å². The van der Waals surface area contributed by atoms with Crippen LogP contribution in [0.15, 0.2) is 18.2 Å². The fourth-order valence-corrected chi connectivity index (χ4v) is 3.34. The summed E-state index contributed by atoms with van der Waals surface area (Å²) in [6.45, 7) is 1.86. The molecule has 96 valence electrons. The molecule has 2 unspecified atom stereocenters. The van der Waals surface area contributed by atoms with Gasteiger partial charge in [0.05, 0.1) is 4.92 Å². The van der Waals surface area contributed by atoms with Gasteiger partial charge in [-0.1, -0.05) is 12.1 Å². The second-order valence-corrected chi connectivity index (χ2v) is 5.37. The Bertz CT molecular complexity index is 489. The summed E-state index contributed by atoms with van der Waals surface area (Å²) in [5.41, 5.74) is 7.13. The van der Waals surface area contributed by atoms with Crippen molar-refractivity contribution in [1.29, 1.82) is 0 Å². The van der Waals surface area contributed by atoms with Crippen LogP contribution in [0, 0.1) is 16.0 Å². The highest BCUT2D eigenvalue weighted by Gasteiger charge is 2.37. The van der Waals surface area contributed by atoms with E-state index in [1.807, 2.05) is 6.07 Å². The van der Waals surface area contributed by atoms with E-state index in [1.165, 1.54) is 25.3 Å². The first-order valence-corrected chi connectivity index (χ1v) is 6.41. The van der Waals surface area contributed by atoms with Crippen molar-refractivity contribution in [2.45, 2.75) is 31.8 Å². The standard InChI is InChI=1S/C13H17N3O2/c14-13-10(2-1-3-12(13)16(17)18)8-15-7-9-4-5-11(15)6-9/h1-3,9,11H,4-8,14H2. The Labute approximate surface area is 106 Å². The number of benzene rings is 1. The van der Waals surface area contributed by atoms with E-state index >= 15 is 0 Å². The maximum atomic E-state index is 10.9. The van der Waals surface area contributed by atoms with Gasteiger partial charge in [0, 0.05) is 25.2 Å². The Morgan fingerprint density at radius 2 is 2.28 bits per heavy atom. The number of nitrogens with zero attached hydrogens (tertiary/aromatic N) is 2. The van der Waals surface area contributed by atoms with Crippen molar-refractivity contribution in [1.82, 2.24) is 4.90 Å². The molecule has 0 aromatic heterocycles. The van der Waals surface area contributed by atoms with E-state index in [0.717, 1.165) is 24.6 Å². The lowest BCUT2D eigenvalue weighted by Crippen LogP contribution is -2.31. The van der Waals surface area contributed by atoms with Crippen LogP contribution in [-0.2, 0) is 6.54 Å². The van der Waals surface area contributed by atoms with Gasteiger partial charge in [-0.05, 0) is 30.7 Å². The SMILES string of the molecule is Nc1c(CN2CC3CCC2C3)cccc1[N+](=O)[O-]. The van der Waals surface area contributed by atoms with Crippen molar-refractivity contribution in [3.8, 4) is 0 Å². The van der Waals surface area contributed by atoms with Gasteiger partial charge in [0.2, 0.25) is 0 Å². The zero-order valence-electron chi connectivity index (χ0n) is 10.2. The van der Waals surface area contributed by atoms with Gasteiger partial charge in [-0.3, -0.25) is 15.0 Å². The zero-order valence-corrected chi connectivity index (χ0v) is 10.2. The maximum absolute atomic E-state index is 10.9. The van der Waals surface area contributed by atoms with Gasteiger partial charge < -0.3 is 5.73 Å². The van der Waals surface area contributed by atoms with Crippen LogP contribution in [0.1, 0.15) is 24.8 Å². The number of rotatable bonds is 3. The van der Waals surface area contributed by atoms with Gasteiger partial charge >= 0.3 is 0 Å². The zero-order chi connectivity index (χ0) is 12.7. The van der Waals surface area contributed by atoms with Crippen LogP contribution in [0.5, 0.6) is 0 Å². The van der Waals surface area contributed by atoms with E-state index in [1.54, 1.807) is 6.07 Å². The molecule has 3 rings (SSSR count). The predicted octanol–water partition coefficient (Wildman–Crippen LogP) is 2.16. The number of likely N-dealkylation sites (tertiary alicyclic amines) is 1. The van der Waals surface area contributed by atoms with E-state index < -0.39 is 4.92 Å². The minimum absolute atomic E-state index is 0.0249. The molecule has 1 aromatic rings. The first kappa shape index (κ1) is 11.5. The Morgan fingerprint density at radius 1 is 1.44 bits per heavy atom. The number of para-hydroxylation sites is 1. The van der Waals surface area contributed by atoms with Gasteiger partial charge in [-0.25, -0.2) is 0 Å². The lowest BCUT2D eigenvalue weighted by atomic mass is 10.1. The van der Waals surface area contributed by atoms with Gasteiger partial charge in [-0.15, -0.1) is 0 Å². The molecule has 1 aromatic carbocycles. The Morgan fingerprint density at radius 3 is 2.89 bits per heavy atom. The third-order valence-electron chi connectivity index (χ3n) is 4.27. The molecule has 1 saturated heterocycles. The number of fused-ring (bicyclic) bond motifs is 2. The Kier molecular flexibility index (Phi) is 2.70. The molecule has 5 heteroatoms. The summed E-state index contributed by atoms with van der Waals surface area (Å²) in [6.07, 6.45) is 3.89. The van der Waals surface area contributed by atoms with Crippen molar-refractivity contribution in [2.24, 2.45) is 5.92 Å². The topological polar surface area (TPSA) is 72.4 Å². The van der Waals surface area contributed by atoms with Crippen LogP contribution in [-0.4, -0.2) is 22.4 Å². The van der Waals surface area contributed by atoms with E-state index in [0.29, 0.717) is 11.7 Å². The molecule has 2 atom stereocenters. The average Bonchev–Trinajstić information content (AvgIpc) is 2.93. The lowest BCUT2D eigenvalue weighted by Gasteiger charge is -2.27. The number of hydrogen-bond donors (Lipinski definition) is 1. The molecule has 2 fully saturated rings. The average molecular weight is 247 g/mol. The molecule has 2 N–H and O–H groups in total. The Balaban J connectivity index is 1.81. The molecule has 2 aliphatic rings. The van der Waals surface area contributed by atoms with Crippen molar-refractivity contribution in [2.75, 3.05) is 12.3 Å². The fraction of sp³-hybridized carbons (Fsp3) is 0.538. The molecule has 0 spiro atoms. The molecule has 1 aliphatic heterocycles. The lowest BCUT2D eigenvalue weighted by molar-refractivity contribution is -0.384. The number of hydrogen-bond acceptors (Lipinski definition) is 4. The van der Waals surface area contributed by atoms with E-state index in [4.69, 9.17) is 5.73 Å². The highest BCUT2D eigenvalue weighted by Crippen LogP contribution is 2.39. The van der Waals surface area contributed by atoms with Crippen LogP contribution in [0.3, 0.4) is 0 Å². The number of nitrogens with two attached hydrogens (primary N) is 1. The molecule has 18 heavy (non-hydrogen) atoms. The number of piperidine rings is 1. The Hall–Kier alpha value is -1.62. The van der Waals surface area contributed by atoms with Gasteiger partial charge in [0.1, 0.15) is 5.69 Å². The highest BCUT2D eigenvalue weighted by molar-refractivity contribution is 5.62. The molecular formula is C13H17N3O2. The number of anilines is 1. The van der Waals surface area contributed by atoms with E-state index in [-0.39, 0.29) is 5.69 Å². The van der Waals surface area contributed by atoms with Crippen molar-refractivity contribution in [3.63, 3.8) is 0 Å². The summed E-state index contributed by atoms with van der Waals surface area (Å²) in [7, 11) is 0. The summed E-state index contributed by atoms with van der Waals surface area (Å²) in [5, 5.41) is 10.9. The van der Waals surface area contributed by atoms with Gasteiger partial charge in [-0.2, -0.15) is 0 Å². The van der Waals surface area contributed by atoms with Crippen LogP contribution < -0.4 is 5.73 Å². The second kappa shape index (κ2) is 4.24. The number of nitrogen functional groups attached to an aromatic ring is 1. The smallest absolute Gasteiger partial charge is 0.292 e.